The predicted molar refractivity (Wildman–Crippen MR) is 61.3 cm³/mol. The van der Waals surface area contributed by atoms with E-state index in [1.165, 1.54) is 0 Å². The van der Waals surface area contributed by atoms with Crippen molar-refractivity contribution in [1.82, 2.24) is 0 Å². The van der Waals surface area contributed by atoms with Crippen LogP contribution in [0.1, 0.15) is 26.7 Å². The van der Waals surface area contributed by atoms with Crippen LogP contribution in [0.15, 0.2) is 4.99 Å². The Hall–Kier alpha value is -0.0900. The minimum atomic E-state index is -0.154. The van der Waals surface area contributed by atoms with Gasteiger partial charge in [-0.05, 0) is 19.8 Å². The molecule has 0 fully saturated rings. The topological polar surface area (TPSA) is 30.8 Å². The molecule has 0 saturated carbocycles. The summed E-state index contributed by atoms with van der Waals surface area (Å²) in [5, 5.41) is 1.05. The summed E-state index contributed by atoms with van der Waals surface area (Å²) in [5.41, 5.74) is -0.154. The summed E-state index contributed by atoms with van der Waals surface area (Å²) in [6, 6.07) is 0. The zero-order valence-corrected chi connectivity index (χ0v) is 10.5. The molecule has 1 heterocycles. The molecule has 0 aliphatic carbocycles. The predicted octanol–water partition coefficient (Wildman–Crippen LogP) is 2.39. The average molecular weight is 264 g/mol. The number of alkyl halides is 1. The van der Waals surface area contributed by atoms with Gasteiger partial charge in [-0.1, -0.05) is 15.9 Å². The zero-order chi connectivity index (χ0) is 10.4. The molecule has 0 aromatic carbocycles. The first-order chi connectivity index (χ1) is 6.66. The van der Waals surface area contributed by atoms with Crippen molar-refractivity contribution in [1.29, 1.82) is 0 Å². The monoisotopic (exact) mass is 263 g/mol. The first-order valence-electron chi connectivity index (χ1n) is 4.99. The normalized spacial score (nSPS) is 26.1. The lowest BCUT2D eigenvalue weighted by Crippen LogP contribution is -2.30. The van der Waals surface area contributed by atoms with Crippen LogP contribution in [-0.2, 0) is 9.47 Å². The van der Waals surface area contributed by atoms with E-state index in [2.05, 4.69) is 27.8 Å². The van der Waals surface area contributed by atoms with Gasteiger partial charge in [0.2, 0.25) is 0 Å². The lowest BCUT2D eigenvalue weighted by Gasteiger charge is -2.17. The van der Waals surface area contributed by atoms with E-state index in [0.717, 1.165) is 30.7 Å². The Morgan fingerprint density at radius 3 is 2.93 bits per heavy atom. The maximum atomic E-state index is 5.56. The molecular formula is C10H18BrNO2. The SMILES string of the molecule is CC1=NC(C)(COCCCCBr)CO1. The molecule has 0 aromatic heterocycles. The van der Waals surface area contributed by atoms with Crippen molar-refractivity contribution in [3.8, 4) is 0 Å². The maximum Gasteiger partial charge on any atom is 0.180 e. The molecule has 14 heavy (non-hydrogen) atoms. The van der Waals surface area contributed by atoms with Crippen LogP contribution in [0, 0.1) is 0 Å². The molecule has 0 radical (unpaired) electrons. The van der Waals surface area contributed by atoms with E-state index in [1.54, 1.807) is 0 Å². The third-order valence-corrected chi connectivity index (χ3v) is 2.67. The molecule has 1 aliphatic heterocycles. The molecule has 82 valence electrons. The molecular weight excluding hydrogens is 246 g/mol. The highest BCUT2D eigenvalue weighted by Crippen LogP contribution is 2.18. The Morgan fingerprint density at radius 1 is 1.57 bits per heavy atom. The third kappa shape index (κ3) is 3.96. The fourth-order valence-electron chi connectivity index (χ4n) is 1.37. The van der Waals surface area contributed by atoms with Crippen LogP contribution in [0.5, 0.6) is 0 Å². The summed E-state index contributed by atoms with van der Waals surface area (Å²) in [4.78, 5) is 4.40. The molecule has 0 saturated heterocycles. The first-order valence-corrected chi connectivity index (χ1v) is 6.11. The van der Waals surface area contributed by atoms with Crippen molar-refractivity contribution in [2.24, 2.45) is 4.99 Å². The summed E-state index contributed by atoms with van der Waals surface area (Å²) in [7, 11) is 0. The summed E-state index contributed by atoms with van der Waals surface area (Å²) < 4.78 is 10.9. The van der Waals surface area contributed by atoms with Crippen molar-refractivity contribution in [3.63, 3.8) is 0 Å². The average Bonchev–Trinajstić information content (AvgIpc) is 2.47. The van der Waals surface area contributed by atoms with Crippen LogP contribution in [0.3, 0.4) is 0 Å². The van der Waals surface area contributed by atoms with Gasteiger partial charge in [-0.2, -0.15) is 0 Å². The lowest BCUT2D eigenvalue weighted by molar-refractivity contribution is 0.0780. The van der Waals surface area contributed by atoms with Crippen molar-refractivity contribution >= 4 is 21.8 Å². The van der Waals surface area contributed by atoms with E-state index in [-0.39, 0.29) is 5.54 Å². The van der Waals surface area contributed by atoms with Gasteiger partial charge in [-0.25, -0.2) is 4.99 Å². The lowest BCUT2D eigenvalue weighted by atomic mass is 10.1. The van der Waals surface area contributed by atoms with Crippen LogP contribution in [0.4, 0.5) is 0 Å². The number of aliphatic imine (C=N–C) groups is 1. The quantitative estimate of drug-likeness (QED) is 0.544. The molecule has 0 aromatic rings. The second-order valence-corrected chi connectivity index (χ2v) is 4.66. The fourth-order valence-corrected chi connectivity index (χ4v) is 1.77. The van der Waals surface area contributed by atoms with Crippen LogP contribution in [0.25, 0.3) is 0 Å². The Kier molecular flexibility index (Phi) is 4.89. The number of unbranched alkanes of at least 4 members (excludes halogenated alkanes) is 1. The minimum Gasteiger partial charge on any atom is -0.479 e. The number of hydrogen-bond acceptors (Lipinski definition) is 3. The van der Waals surface area contributed by atoms with E-state index >= 15 is 0 Å². The Balaban J connectivity index is 2.12. The number of rotatable bonds is 6. The van der Waals surface area contributed by atoms with E-state index < -0.39 is 0 Å². The van der Waals surface area contributed by atoms with Crippen molar-refractivity contribution in [3.05, 3.63) is 0 Å². The standard InChI is InChI=1S/C10H18BrNO2/c1-9-12-10(2,8-14-9)7-13-6-4-3-5-11/h3-8H2,1-2H3. The van der Waals surface area contributed by atoms with Crippen LogP contribution in [-0.4, -0.2) is 36.6 Å². The highest BCUT2D eigenvalue weighted by atomic mass is 79.9. The molecule has 3 nitrogen and oxygen atoms in total. The molecule has 1 atom stereocenters. The van der Waals surface area contributed by atoms with Crippen molar-refractivity contribution in [2.45, 2.75) is 32.2 Å². The van der Waals surface area contributed by atoms with Gasteiger partial charge in [0.25, 0.3) is 0 Å². The molecule has 0 spiro atoms. The number of ether oxygens (including phenoxy) is 2. The molecule has 1 unspecified atom stereocenters. The number of hydrogen-bond donors (Lipinski definition) is 0. The van der Waals surface area contributed by atoms with Crippen LogP contribution in [0.2, 0.25) is 0 Å². The Bertz CT molecular complexity index is 208. The highest BCUT2D eigenvalue weighted by molar-refractivity contribution is 9.09. The van der Waals surface area contributed by atoms with E-state index in [9.17, 15) is 0 Å². The third-order valence-electron chi connectivity index (χ3n) is 2.10. The number of nitrogens with zero attached hydrogens (tertiary/aromatic N) is 1. The summed E-state index contributed by atoms with van der Waals surface area (Å²) in [5.74, 6) is 0.775. The van der Waals surface area contributed by atoms with Gasteiger partial charge < -0.3 is 9.47 Å². The van der Waals surface area contributed by atoms with E-state index in [4.69, 9.17) is 9.47 Å². The summed E-state index contributed by atoms with van der Waals surface area (Å²) in [6.45, 7) is 6.07. The van der Waals surface area contributed by atoms with Gasteiger partial charge in [0.15, 0.2) is 5.90 Å². The highest BCUT2D eigenvalue weighted by Gasteiger charge is 2.30. The van der Waals surface area contributed by atoms with E-state index in [1.807, 2.05) is 6.92 Å². The molecule has 0 N–H and O–H groups in total. The summed E-state index contributed by atoms with van der Waals surface area (Å²) in [6.07, 6.45) is 2.26. The summed E-state index contributed by atoms with van der Waals surface area (Å²) >= 11 is 3.39. The molecule has 1 aliphatic rings. The van der Waals surface area contributed by atoms with Gasteiger partial charge in [0.1, 0.15) is 12.1 Å². The van der Waals surface area contributed by atoms with Crippen molar-refractivity contribution < 1.29 is 9.47 Å². The Morgan fingerprint density at radius 2 is 2.36 bits per heavy atom. The number of halogens is 1. The molecule has 0 amide bonds. The van der Waals surface area contributed by atoms with E-state index in [0.29, 0.717) is 13.2 Å². The molecule has 4 heteroatoms. The fraction of sp³-hybridized carbons (Fsp3) is 0.900. The van der Waals surface area contributed by atoms with Gasteiger partial charge in [-0.3, -0.25) is 0 Å². The zero-order valence-electron chi connectivity index (χ0n) is 8.88. The second-order valence-electron chi connectivity index (χ2n) is 3.87. The van der Waals surface area contributed by atoms with Gasteiger partial charge in [0.05, 0.1) is 6.61 Å². The van der Waals surface area contributed by atoms with Gasteiger partial charge in [-0.15, -0.1) is 0 Å². The Labute approximate surface area is 94.0 Å². The minimum absolute atomic E-state index is 0.154. The molecule has 0 bridgehead atoms. The van der Waals surface area contributed by atoms with Gasteiger partial charge in [0, 0.05) is 18.9 Å². The second kappa shape index (κ2) is 5.71. The smallest absolute Gasteiger partial charge is 0.180 e. The van der Waals surface area contributed by atoms with Gasteiger partial charge >= 0.3 is 0 Å². The largest absolute Gasteiger partial charge is 0.479 e. The van der Waals surface area contributed by atoms with Crippen molar-refractivity contribution in [2.75, 3.05) is 25.2 Å². The maximum absolute atomic E-state index is 5.56. The van der Waals surface area contributed by atoms with Crippen LogP contribution >= 0.6 is 15.9 Å². The molecule has 1 rings (SSSR count). The van der Waals surface area contributed by atoms with Crippen LogP contribution < -0.4 is 0 Å². The first kappa shape index (κ1) is 12.0.